The molecule has 1 aliphatic rings. The van der Waals surface area contributed by atoms with E-state index in [4.69, 9.17) is 20.8 Å². The van der Waals surface area contributed by atoms with Crippen LogP contribution in [-0.4, -0.2) is 46.3 Å². The molecule has 6 nitrogen and oxygen atoms in total. The Kier molecular flexibility index (Phi) is 5.83. The third kappa shape index (κ3) is 4.38. The van der Waals surface area contributed by atoms with E-state index in [2.05, 4.69) is 16.3 Å². The molecule has 0 radical (unpaired) electrons. The molecule has 1 N–H and O–H groups in total. The molecule has 0 spiro atoms. The van der Waals surface area contributed by atoms with Crippen molar-refractivity contribution in [2.24, 2.45) is 7.05 Å². The van der Waals surface area contributed by atoms with Gasteiger partial charge in [0.1, 0.15) is 25.7 Å². The second-order valence-electron chi connectivity index (χ2n) is 6.62. The molecule has 142 valence electrons. The third-order valence-corrected chi connectivity index (χ3v) is 6.22. The minimum Gasteiger partial charge on any atom is -0.461 e. The van der Waals surface area contributed by atoms with Gasteiger partial charge in [0.15, 0.2) is 16.7 Å². The molecular formula is C19H22ClN4O2S+. The van der Waals surface area contributed by atoms with Gasteiger partial charge >= 0.3 is 0 Å². The summed E-state index contributed by atoms with van der Waals surface area (Å²) in [7, 11) is 1.96. The third-order valence-electron chi connectivity index (χ3n) is 4.70. The number of aromatic nitrogens is 3. The van der Waals surface area contributed by atoms with Crippen LogP contribution in [-0.2, 0) is 18.3 Å². The quantitative estimate of drug-likeness (QED) is 0.638. The molecular weight excluding hydrogens is 384 g/mol. The number of hydrogen-bond acceptors (Lipinski definition) is 5. The smallest absolute Gasteiger partial charge is 0.200 e. The van der Waals surface area contributed by atoms with E-state index in [1.165, 1.54) is 10.5 Å². The number of benzene rings is 1. The number of furan rings is 1. The highest BCUT2D eigenvalue weighted by Gasteiger charge is 2.25. The van der Waals surface area contributed by atoms with Crippen molar-refractivity contribution in [1.29, 1.82) is 0 Å². The summed E-state index contributed by atoms with van der Waals surface area (Å²) >= 11 is 7.98. The van der Waals surface area contributed by atoms with Crippen LogP contribution in [0.25, 0.3) is 11.6 Å². The summed E-state index contributed by atoms with van der Waals surface area (Å²) in [5, 5.41) is 10.2. The largest absolute Gasteiger partial charge is 0.461 e. The number of hydrogen-bond donors (Lipinski definition) is 1. The van der Waals surface area contributed by atoms with Crippen molar-refractivity contribution in [2.45, 2.75) is 17.8 Å². The van der Waals surface area contributed by atoms with E-state index in [9.17, 15) is 0 Å². The van der Waals surface area contributed by atoms with E-state index in [0.29, 0.717) is 0 Å². The average molecular weight is 406 g/mol. The average Bonchev–Trinajstić information content (AvgIpc) is 3.32. The van der Waals surface area contributed by atoms with Gasteiger partial charge < -0.3 is 18.6 Å². The summed E-state index contributed by atoms with van der Waals surface area (Å²) in [5.41, 5.74) is 1.19. The molecule has 2 aromatic heterocycles. The maximum atomic E-state index is 6.31. The SMILES string of the molecule is Cn1c(SC[C@@H]2C[NH+](Cc3ccccc3Cl)CCO2)nnc1-c1ccco1. The van der Waals surface area contributed by atoms with Crippen LogP contribution in [0, 0.1) is 0 Å². The molecule has 0 amide bonds. The first-order chi connectivity index (χ1) is 13.2. The van der Waals surface area contributed by atoms with Crippen LogP contribution in [0.1, 0.15) is 5.56 Å². The Labute approximate surface area is 167 Å². The highest BCUT2D eigenvalue weighted by Crippen LogP contribution is 2.23. The number of halogens is 1. The first kappa shape index (κ1) is 18.6. The van der Waals surface area contributed by atoms with Crippen molar-refractivity contribution in [1.82, 2.24) is 14.8 Å². The molecule has 3 aromatic rings. The van der Waals surface area contributed by atoms with Crippen molar-refractivity contribution in [3.8, 4) is 11.6 Å². The maximum Gasteiger partial charge on any atom is 0.200 e. The van der Waals surface area contributed by atoms with E-state index in [-0.39, 0.29) is 6.10 Å². The topological polar surface area (TPSA) is 57.5 Å². The van der Waals surface area contributed by atoms with Crippen LogP contribution in [0.3, 0.4) is 0 Å². The van der Waals surface area contributed by atoms with Crippen LogP contribution < -0.4 is 4.90 Å². The summed E-state index contributed by atoms with van der Waals surface area (Å²) < 4.78 is 13.3. The Morgan fingerprint density at radius 1 is 1.26 bits per heavy atom. The highest BCUT2D eigenvalue weighted by molar-refractivity contribution is 7.99. The molecule has 1 unspecified atom stereocenters. The fourth-order valence-electron chi connectivity index (χ4n) is 3.26. The standard InChI is InChI=1S/C19H21ClN4O2S/c1-23-18(17-7-4-9-26-17)21-22-19(23)27-13-15-12-24(8-10-25-15)11-14-5-2-3-6-16(14)20/h2-7,9,15H,8,10-13H2,1H3/p+1/t15-/m0/s1. The van der Waals surface area contributed by atoms with Crippen molar-refractivity contribution in [2.75, 3.05) is 25.4 Å². The van der Waals surface area contributed by atoms with Crippen molar-refractivity contribution in [3.05, 3.63) is 53.2 Å². The Morgan fingerprint density at radius 3 is 2.96 bits per heavy atom. The number of nitrogens with one attached hydrogen (secondary N) is 1. The molecule has 8 heteroatoms. The lowest BCUT2D eigenvalue weighted by atomic mass is 10.2. The van der Waals surface area contributed by atoms with Crippen LogP contribution in [0.2, 0.25) is 5.02 Å². The number of quaternary nitrogens is 1. The zero-order valence-electron chi connectivity index (χ0n) is 15.1. The van der Waals surface area contributed by atoms with E-state index in [0.717, 1.165) is 53.8 Å². The lowest BCUT2D eigenvalue weighted by Gasteiger charge is -2.30. The van der Waals surface area contributed by atoms with Crippen LogP contribution in [0.4, 0.5) is 0 Å². The fourth-order valence-corrected chi connectivity index (χ4v) is 4.39. The minimum absolute atomic E-state index is 0.185. The molecule has 4 rings (SSSR count). The zero-order chi connectivity index (χ0) is 18.6. The molecule has 1 saturated heterocycles. The van der Waals surface area contributed by atoms with E-state index >= 15 is 0 Å². The molecule has 1 fully saturated rings. The molecule has 2 atom stereocenters. The minimum atomic E-state index is 0.185. The second kappa shape index (κ2) is 8.48. The Hall–Kier alpha value is -1.80. The van der Waals surface area contributed by atoms with Gasteiger partial charge in [-0.15, -0.1) is 10.2 Å². The van der Waals surface area contributed by atoms with Gasteiger partial charge in [0.05, 0.1) is 12.9 Å². The monoisotopic (exact) mass is 405 g/mol. The normalized spacial score (nSPS) is 20.1. The number of rotatable bonds is 6. The van der Waals surface area contributed by atoms with Gasteiger partial charge in [0, 0.05) is 23.4 Å². The summed E-state index contributed by atoms with van der Waals surface area (Å²) in [5.74, 6) is 2.30. The molecule has 0 aliphatic carbocycles. The van der Waals surface area contributed by atoms with Gasteiger partial charge in [-0.2, -0.15) is 0 Å². The van der Waals surface area contributed by atoms with Gasteiger partial charge in [0.2, 0.25) is 0 Å². The van der Waals surface area contributed by atoms with Crippen LogP contribution in [0.15, 0.2) is 52.2 Å². The molecule has 0 saturated carbocycles. The summed E-state index contributed by atoms with van der Waals surface area (Å²) in [4.78, 5) is 1.49. The van der Waals surface area contributed by atoms with Crippen molar-refractivity contribution >= 4 is 23.4 Å². The van der Waals surface area contributed by atoms with Gasteiger partial charge in [-0.3, -0.25) is 0 Å². The van der Waals surface area contributed by atoms with Gasteiger partial charge in [-0.05, 0) is 18.2 Å². The van der Waals surface area contributed by atoms with Crippen LogP contribution >= 0.6 is 23.4 Å². The number of nitrogens with zero attached hydrogens (tertiary/aromatic N) is 3. The van der Waals surface area contributed by atoms with Gasteiger partial charge in [-0.1, -0.05) is 41.6 Å². The summed E-state index contributed by atoms with van der Waals surface area (Å²) in [6.07, 6.45) is 1.83. The molecule has 3 heterocycles. The molecule has 1 aromatic carbocycles. The number of morpholine rings is 1. The fraction of sp³-hybridized carbons (Fsp3) is 0.368. The highest BCUT2D eigenvalue weighted by atomic mass is 35.5. The molecule has 1 aliphatic heterocycles. The van der Waals surface area contributed by atoms with Crippen LogP contribution in [0.5, 0.6) is 0 Å². The van der Waals surface area contributed by atoms with E-state index in [1.807, 2.05) is 41.9 Å². The van der Waals surface area contributed by atoms with E-state index < -0.39 is 0 Å². The summed E-state index contributed by atoms with van der Waals surface area (Å²) in [6.45, 7) is 3.65. The van der Waals surface area contributed by atoms with Crippen molar-refractivity contribution in [3.63, 3.8) is 0 Å². The van der Waals surface area contributed by atoms with E-state index in [1.54, 1.807) is 18.0 Å². The maximum absolute atomic E-state index is 6.31. The second-order valence-corrected chi connectivity index (χ2v) is 8.01. The Morgan fingerprint density at radius 2 is 2.15 bits per heavy atom. The first-order valence-electron chi connectivity index (χ1n) is 8.95. The Balaban J connectivity index is 1.34. The number of ether oxygens (including phenoxy) is 1. The lowest BCUT2D eigenvalue weighted by Crippen LogP contribution is -3.13. The van der Waals surface area contributed by atoms with Crippen molar-refractivity contribution < 1.29 is 14.1 Å². The zero-order valence-corrected chi connectivity index (χ0v) is 16.7. The van der Waals surface area contributed by atoms with Gasteiger partial charge in [-0.25, -0.2) is 0 Å². The van der Waals surface area contributed by atoms with Gasteiger partial charge in [0.25, 0.3) is 0 Å². The molecule has 0 bridgehead atoms. The lowest BCUT2D eigenvalue weighted by molar-refractivity contribution is -0.924. The first-order valence-corrected chi connectivity index (χ1v) is 10.3. The predicted molar refractivity (Wildman–Crippen MR) is 105 cm³/mol. The number of thioether (sulfide) groups is 1. The summed E-state index contributed by atoms with van der Waals surface area (Å²) in [6, 6.07) is 11.8. The molecule has 27 heavy (non-hydrogen) atoms. The predicted octanol–water partition coefficient (Wildman–Crippen LogP) is 2.30. The Bertz CT molecular complexity index is 884.